The molecule has 4 fully saturated rings. The van der Waals surface area contributed by atoms with Gasteiger partial charge in [0.25, 0.3) is 0 Å². The Kier molecular flexibility index (Phi) is 10.7. The summed E-state index contributed by atoms with van der Waals surface area (Å²) in [6.07, 6.45) is 9.34. The number of fused-ring (bicyclic) bond motifs is 5. The Bertz CT molecular complexity index is 805. The van der Waals surface area contributed by atoms with Crippen molar-refractivity contribution in [3.8, 4) is 0 Å². The summed E-state index contributed by atoms with van der Waals surface area (Å²) in [4.78, 5) is 23.4. The van der Waals surface area contributed by atoms with Crippen molar-refractivity contribution in [2.45, 2.75) is 129 Å². The number of aliphatic carboxylic acids is 1. The maximum absolute atomic E-state index is 12.4. The number of aliphatic hydroxyl groups excluding tert-OH is 2. The fourth-order valence-electron chi connectivity index (χ4n) is 9.53. The Morgan fingerprint density at radius 3 is 2.43 bits per heavy atom. The molecule has 0 radical (unpaired) electrons. The zero-order valence-corrected chi connectivity index (χ0v) is 25.9. The Morgan fingerprint density at radius 1 is 1.03 bits per heavy atom. The molecule has 7 heteroatoms. The van der Waals surface area contributed by atoms with Crippen LogP contribution in [0.4, 0.5) is 0 Å². The van der Waals surface area contributed by atoms with Crippen LogP contribution in [0.15, 0.2) is 0 Å². The molecule has 3 unspecified atom stereocenters. The summed E-state index contributed by atoms with van der Waals surface area (Å²) in [5.41, 5.74) is -0.252. The van der Waals surface area contributed by atoms with Gasteiger partial charge < -0.3 is 24.9 Å². The first-order valence-electron chi connectivity index (χ1n) is 14.8. The van der Waals surface area contributed by atoms with Gasteiger partial charge in [-0.1, -0.05) is 40.5 Å². The van der Waals surface area contributed by atoms with Crippen LogP contribution in [-0.2, 0) is 14.3 Å². The third-order valence-electron chi connectivity index (χ3n) is 11.6. The monoisotopic (exact) mass is 528 g/mol. The number of carboxylic acid groups (broad SMARTS) is 1. The third-order valence-corrected chi connectivity index (χ3v) is 11.6. The predicted octanol–water partition coefficient (Wildman–Crippen LogP) is 1.25. The average molecular weight is 529 g/mol. The molecule has 4 saturated carbocycles. The van der Waals surface area contributed by atoms with Gasteiger partial charge in [-0.25, -0.2) is 0 Å². The molecular formula is C30H49NaO6. The van der Waals surface area contributed by atoms with Gasteiger partial charge in [0.15, 0.2) is 0 Å². The van der Waals surface area contributed by atoms with Gasteiger partial charge in [-0.3, -0.25) is 4.79 Å². The Balaban J connectivity index is 0.00000380. The van der Waals surface area contributed by atoms with Crippen molar-refractivity contribution in [1.82, 2.24) is 0 Å². The second-order valence-corrected chi connectivity index (χ2v) is 13.3. The average Bonchev–Trinajstić information content (AvgIpc) is 3.18. The molecule has 37 heavy (non-hydrogen) atoms. The number of aliphatic hydroxyl groups is 2. The van der Waals surface area contributed by atoms with Crippen LogP contribution in [0.25, 0.3) is 0 Å². The first-order chi connectivity index (χ1) is 17.0. The summed E-state index contributed by atoms with van der Waals surface area (Å²) in [5.74, 6) is 0.364. The molecule has 0 spiro atoms. The van der Waals surface area contributed by atoms with Crippen LogP contribution in [0.5, 0.6) is 0 Å². The fraction of sp³-hybridized carbons (Fsp3) is 0.933. The summed E-state index contributed by atoms with van der Waals surface area (Å²) in [5, 5.41) is 34.3. The molecule has 206 valence electrons. The summed E-state index contributed by atoms with van der Waals surface area (Å²) < 4.78 is 5.87. The summed E-state index contributed by atoms with van der Waals surface area (Å²) in [7, 11) is 0. The number of carbonyl (C=O) groups excluding carboxylic acids is 2. The molecule has 0 bridgehead atoms. The van der Waals surface area contributed by atoms with Crippen LogP contribution in [0.2, 0.25) is 0 Å². The second-order valence-electron chi connectivity index (χ2n) is 13.3. The van der Waals surface area contributed by atoms with Crippen molar-refractivity contribution < 1.29 is 59.2 Å². The van der Waals surface area contributed by atoms with Gasteiger partial charge in [0.2, 0.25) is 0 Å². The van der Waals surface area contributed by atoms with Crippen LogP contribution in [0.3, 0.4) is 0 Å². The quantitative estimate of drug-likeness (QED) is 0.265. The number of carbonyl (C=O) groups is 2. The minimum Gasteiger partial charge on any atom is -0.550 e. The summed E-state index contributed by atoms with van der Waals surface area (Å²) in [6.45, 7) is 8.83. The van der Waals surface area contributed by atoms with Gasteiger partial charge in [-0.05, 0) is 111 Å². The topological polar surface area (TPSA) is 107 Å². The number of esters is 1. The molecule has 0 aliphatic heterocycles. The van der Waals surface area contributed by atoms with Gasteiger partial charge in [0, 0.05) is 12.4 Å². The van der Waals surface area contributed by atoms with Crippen molar-refractivity contribution in [3.63, 3.8) is 0 Å². The Labute approximate surface area is 246 Å². The molecule has 4 aliphatic carbocycles. The first-order valence-corrected chi connectivity index (χ1v) is 14.8. The minimum absolute atomic E-state index is 0. The van der Waals surface area contributed by atoms with Crippen LogP contribution >= 0.6 is 0 Å². The molecule has 6 nitrogen and oxygen atoms in total. The van der Waals surface area contributed by atoms with Gasteiger partial charge in [0.05, 0.1) is 12.2 Å². The van der Waals surface area contributed by atoms with Crippen molar-refractivity contribution in [2.24, 2.45) is 46.3 Å². The number of unbranched alkanes of at least 4 members (excludes halogenated alkanes) is 2. The zero-order valence-electron chi connectivity index (χ0n) is 23.9. The van der Waals surface area contributed by atoms with Crippen molar-refractivity contribution in [2.75, 3.05) is 0 Å². The zero-order chi connectivity index (χ0) is 26.3. The number of carboxylic acids is 1. The summed E-state index contributed by atoms with van der Waals surface area (Å²) >= 11 is 0. The molecule has 2 N–H and O–H groups in total. The smallest absolute Gasteiger partial charge is 0.550 e. The molecule has 0 aromatic carbocycles. The third kappa shape index (κ3) is 5.99. The normalized spacial score (nSPS) is 43.5. The first kappa shape index (κ1) is 31.4. The van der Waals surface area contributed by atoms with E-state index < -0.39 is 18.2 Å². The summed E-state index contributed by atoms with van der Waals surface area (Å²) in [6, 6.07) is 0. The van der Waals surface area contributed by atoms with E-state index in [2.05, 4.69) is 27.7 Å². The van der Waals surface area contributed by atoms with Crippen molar-refractivity contribution in [1.29, 1.82) is 0 Å². The van der Waals surface area contributed by atoms with E-state index in [-0.39, 0.29) is 88.5 Å². The fourth-order valence-corrected chi connectivity index (χ4v) is 9.53. The number of ether oxygens (including phenoxy) is 1. The molecule has 4 rings (SSSR count). The molecule has 0 aromatic heterocycles. The Hall–Kier alpha value is -0.140. The van der Waals surface area contributed by atoms with E-state index in [0.717, 1.165) is 57.8 Å². The van der Waals surface area contributed by atoms with Crippen LogP contribution in [0, 0.1) is 46.3 Å². The predicted molar refractivity (Wildman–Crippen MR) is 135 cm³/mol. The standard InChI is InChI=1S/C30H50O6.Na/c1-5-6-7-8-27(35)36-20-13-14-29(3)19(15-20)16-24(31)28-22-11-10-21(18(2)9-12-26(33)34)30(22,4)25(32)17-23(28)29;/h18-25,28,31-32H,5-17H2,1-4H3,(H,33,34);/q;+1/p-1/t18-,19+,20-,21-,22?,23?,24-,25+,28?,29+,30-;/m1./s1. The number of rotatable bonds is 9. The van der Waals surface area contributed by atoms with Crippen molar-refractivity contribution in [3.05, 3.63) is 0 Å². The molecule has 11 atom stereocenters. The SMILES string of the molecule is CCCCCC(=O)O[C@@H]1CC[C@]2(C)C3C[C@H](O)[C@@]4(C)C(CC[C@@H]4[C@H](C)CCC(=O)[O-])C3[C@H](O)C[C@@H]2C1.[Na+]. The van der Waals surface area contributed by atoms with Crippen LogP contribution in [-0.4, -0.2) is 40.5 Å². The van der Waals surface area contributed by atoms with Gasteiger partial charge in [0.1, 0.15) is 6.10 Å². The van der Waals surface area contributed by atoms with E-state index in [9.17, 15) is 24.9 Å². The van der Waals surface area contributed by atoms with E-state index in [1.807, 2.05) is 0 Å². The maximum Gasteiger partial charge on any atom is 1.00 e. The van der Waals surface area contributed by atoms with E-state index in [1.165, 1.54) is 0 Å². The Morgan fingerprint density at radius 2 is 1.76 bits per heavy atom. The number of hydrogen-bond acceptors (Lipinski definition) is 6. The molecule has 0 heterocycles. The van der Waals surface area contributed by atoms with E-state index in [1.54, 1.807) is 0 Å². The van der Waals surface area contributed by atoms with E-state index in [0.29, 0.717) is 25.2 Å². The van der Waals surface area contributed by atoms with E-state index in [4.69, 9.17) is 4.74 Å². The molecular weight excluding hydrogens is 479 g/mol. The number of hydrogen-bond donors (Lipinski definition) is 2. The molecule has 4 aliphatic rings. The molecule has 0 amide bonds. The maximum atomic E-state index is 12.4. The van der Waals surface area contributed by atoms with Gasteiger partial charge in [-0.15, -0.1) is 0 Å². The second kappa shape index (κ2) is 12.6. The van der Waals surface area contributed by atoms with Gasteiger partial charge in [-0.2, -0.15) is 0 Å². The van der Waals surface area contributed by atoms with Gasteiger partial charge >= 0.3 is 35.5 Å². The van der Waals surface area contributed by atoms with Crippen molar-refractivity contribution >= 4 is 11.9 Å². The van der Waals surface area contributed by atoms with E-state index >= 15 is 0 Å². The minimum atomic E-state index is -1.00. The molecule has 0 saturated heterocycles. The van der Waals surface area contributed by atoms with Crippen LogP contribution in [0.1, 0.15) is 111 Å². The molecule has 0 aromatic rings. The van der Waals surface area contributed by atoms with Crippen LogP contribution < -0.4 is 34.7 Å². The largest absolute Gasteiger partial charge is 1.00 e.